The molecule has 2 N–H and O–H groups in total. The standard InChI is InChI=1S/C11H22N2O2/c1-13(2)10(15)7-12-8-11(9-14)5-3-4-6-11/h12,14H,3-9H2,1-2H3. The number of hydrogen-bond acceptors (Lipinski definition) is 3. The second-order valence-corrected chi connectivity index (χ2v) is 4.76. The zero-order valence-electron chi connectivity index (χ0n) is 9.75. The minimum atomic E-state index is 0.0343. The molecule has 0 aliphatic heterocycles. The van der Waals surface area contributed by atoms with Crippen LogP contribution in [0, 0.1) is 5.41 Å². The number of carbonyl (C=O) groups excluding carboxylic acids is 1. The van der Waals surface area contributed by atoms with Crippen molar-refractivity contribution in [2.75, 3.05) is 33.8 Å². The van der Waals surface area contributed by atoms with Gasteiger partial charge >= 0.3 is 0 Å². The van der Waals surface area contributed by atoms with E-state index in [4.69, 9.17) is 0 Å². The van der Waals surface area contributed by atoms with Crippen LogP contribution in [0.3, 0.4) is 0 Å². The van der Waals surface area contributed by atoms with Crippen LogP contribution in [0.4, 0.5) is 0 Å². The molecule has 1 rings (SSSR count). The molecule has 4 nitrogen and oxygen atoms in total. The van der Waals surface area contributed by atoms with E-state index in [9.17, 15) is 9.90 Å². The first-order chi connectivity index (χ1) is 7.09. The number of aliphatic hydroxyl groups is 1. The molecule has 4 heteroatoms. The molecule has 1 aliphatic carbocycles. The number of nitrogens with zero attached hydrogens (tertiary/aromatic N) is 1. The Morgan fingerprint density at radius 1 is 1.40 bits per heavy atom. The molecule has 1 amide bonds. The molecule has 0 radical (unpaired) electrons. The predicted octanol–water partition coefficient (Wildman–Crippen LogP) is 0.217. The van der Waals surface area contributed by atoms with Crippen LogP contribution >= 0.6 is 0 Å². The summed E-state index contributed by atoms with van der Waals surface area (Å²) in [7, 11) is 3.50. The summed E-state index contributed by atoms with van der Waals surface area (Å²) in [5.41, 5.74) is 0.0343. The van der Waals surface area contributed by atoms with Gasteiger partial charge in [0.25, 0.3) is 0 Å². The smallest absolute Gasteiger partial charge is 0.236 e. The molecule has 0 heterocycles. The van der Waals surface area contributed by atoms with Gasteiger partial charge in [-0.05, 0) is 12.8 Å². The Kier molecular flexibility index (Phi) is 4.54. The Hall–Kier alpha value is -0.610. The molecule has 1 fully saturated rings. The predicted molar refractivity (Wildman–Crippen MR) is 59.6 cm³/mol. The maximum atomic E-state index is 11.3. The van der Waals surface area contributed by atoms with E-state index in [2.05, 4.69) is 5.32 Å². The molecule has 0 aromatic carbocycles. The fourth-order valence-corrected chi connectivity index (χ4v) is 2.11. The van der Waals surface area contributed by atoms with Crippen molar-refractivity contribution in [2.24, 2.45) is 5.41 Å². The van der Waals surface area contributed by atoms with Crippen molar-refractivity contribution in [2.45, 2.75) is 25.7 Å². The quantitative estimate of drug-likeness (QED) is 0.688. The van der Waals surface area contributed by atoms with E-state index in [-0.39, 0.29) is 17.9 Å². The minimum absolute atomic E-state index is 0.0343. The van der Waals surface area contributed by atoms with Gasteiger partial charge in [-0.25, -0.2) is 0 Å². The molecular weight excluding hydrogens is 192 g/mol. The highest BCUT2D eigenvalue weighted by Crippen LogP contribution is 2.36. The largest absolute Gasteiger partial charge is 0.396 e. The summed E-state index contributed by atoms with van der Waals surface area (Å²) < 4.78 is 0. The highest BCUT2D eigenvalue weighted by molar-refractivity contribution is 5.77. The maximum Gasteiger partial charge on any atom is 0.236 e. The molecule has 0 spiro atoms. The Morgan fingerprint density at radius 3 is 2.47 bits per heavy atom. The Bertz CT molecular complexity index is 211. The summed E-state index contributed by atoms with van der Waals surface area (Å²) in [5, 5.41) is 12.5. The van der Waals surface area contributed by atoms with Gasteiger partial charge in [0.1, 0.15) is 0 Å². The number of carbonyl (C=O) groups is 1. The molecule has 0 unspecified atom stereocenters. The van der Waals surface area contributed by atoms with Crippen molar-refractivity contribution in [3.05, 3.63) is 0 Å². The molecule has 0 aromatic heterocycles. The first-order valence-electron chi connectivity index (χ1n) is 5.61. The van der Waals surface area contributed by atoms with Crippen LogP contribution < -0.4 is 5.32 Å². The molecule has 1 saturated carbocycles. The second kappa shape index (κ2) is 5.47. The van der Waals surface area contributed by atoms with Gasteiger partial charge in [0.05, 0.1) is 6.54 Å². The molecule has 15 heavy (non-hydrogen) atoms. The minimum Gasteiger partial charge on any atom is -0.396 e. The number of likely N-dealkylation sites (N-methyl/N-ethyl adjacent to an activating group) is 1. The maximum absolute atomic E-state index is 11.3. The van der Waals surface area contributed by atoms with Crippen LogP contribution in [-0.2, 0) is 4.79 Å². The van der Waals surface area contributed by atoms with Gasteiger partial charge < -0.3 is 15.3 Å². The third-order valence-electron chi connectivity index (χ3n) is 3.27. The van der Waals surface area contributed by atoms with E-state index in [1.54, 1.807) is 19.0 Å². The number of hydrogen-bond donors (Lipinski definition) is 2. The van der Waals surface area contributed by atoms with E-state index in [0.29, 0.717) is 6.54 Å². The third-order valence-corrected chi connectivity index (χ3v) is 3.27. The van der Waals surface area contributed by atoms with Crippen molar-refractivity contribution in [3.8, 4) is 0 Å². The Morgan fingerprint density at radius 2 is 2.00 bits per heavy atom. The Balaban J connectivity index is 2.26. The highest BCUT2D eigenvalue weighted by atomic mass is 16.3. The van der Waals surface area contributed by atoms with Gasteiger partial charge in [-0.3, -0.25) is 4.79 Å². The number of amides is 1. The van der Waals surface area contributed by atoms with Crippen molar-refractivity contribution in [3.63, 3.8) is 0 Å². The van der Waals surface area contributed by atoms with Gasteiger partial charge in [0.15, 0.2) is 0 Å². The van der Waals surface area contributed by atoms with E-state index in [1.807, 2.05) is 0 Å². The van der Waals surface area contributed by atoms with Gasteiger partial charge in [-0.15, -0.1) is 0 Å². The lowest BCUT2D eigenvalue weighted by atomic mass is 9.87. The van der Waals surface area contributed by atoms with Crippen LogP contribution in [-0.4, -0.2) is 49.7 Å². The monoisotopic (exact) mass is 214 g/mol. The third kappa shape index (κ3) is 3.47. The fourth-order valence-electron chi connectivity index (χ4n) is 2.11. The normalized spacial score (nSPS) is 19.1. The number of nitrogens with one attached hydrogen (secondary N) is 1. The van der Waals surface area contributed by atoms with Crippen LogP contribution in [0.25, 0.3) is 0 Å². The lowest BCUT2D eigenvalue weighted by molar-refractivity contribution is -0.127. The summed E-state index contributed by atoms with van der Waals surface area (Å²) in [6, 6.07) is 0. The van der Waals surface area contributed by atoms with Crippen molar-refractivity contribution < 1.29 is 9.90 Å². The molecule has 0 saturated heterocycles. The second-order valence-electron chi connectivity index (χ2n) is 4.76. The summed E-state index contributed by atoms with van der Waals surface area (Å²) in [6.45, 7) is 1.36. The van der Waals surface area contributed by atoms with Crippen molar-refractivity contribution in [1.82, 2.24) is 10.2 Å². The van der Waals surface area contributed by atoms with Crippen molar-refractivity contribution in [1.29, 1.82) is 0 Å². The van der Waals surface area contributed by atoms with E-state index >= 15 is 0 Å². The van der Waals surface area contributed by atoms with Gasteiger partial charge in [0.2, 0.25) is 5.91 Å². The first kappa shape index (κ1) is 12.5. The molecule has 1 aliphatic rings. The number of rotatable bonds is 5. The van der Waals surface area contributed by atoms with E-state index in [1.165, 1.54) is 12.8 Å². The summed E-state index contributed by atoms with van der Waals surface area (Å²) in [5.74, 6) is 0.0843. The highest BCUT2D eigenvalue weighted by Gasteiger charge is 2.32. The van der Waals surface area contributed by atoms with Crippen LogP contribution in [0.15, 0.2) is 0 Å². The van der Waals surface area contributed by atoms with Crippen LogP contribution in [0.1, 0.15) is 25.7 Å². The lowest BCUT2D eigenvalue weighted by Crippen LogP contribution is -2.40. The molecular formula is C11H22N2O2. The van der Waals surface area contributed by atoms with Crippen LogP contribution in [0.2, 0.25) is 0 Å². The summed E-state index contributed by atoms with van der Waals surface area (Å²) in [6.07, 6.45) is 4.55. The lowest BCUT2D eigenvalue weighted by Gasteiger charge is -2.26. The summed E-state index contributed by atoms with van der Waals surface area (Å²) in [4.78, 5) is 12.9. The molecule has 0 bridgehead atoms. The average Bonchev–Trinajstić information content (AvgIpc) is 2.67. The first-order valence-corrected chi connectivity index (χ1v) is 5.61. The van der Waals surface area contributed by atoms with Crippen molar-refractivity contribution >= 4 is 5.91 Å². The Labute approximate surface area is 91.6 Å². The van der Waals surface area contributed by atoms with E-state index < -0.39 is 0 Å². The van der Waals surface area contributed by atoms with Gasteiger partial charge in [-0.2, -0.15) is 0 Å². The molecule has 0 atom stereocenters. The molecule has 0 aromatic rings. The van der Waals surface area contributed by atoms with Crippen LogP contribution in [0.5, 0.6) is 0 Å². The number of aliphatic hydroxyl groups excluding tert-OH is 1. The molecule has 88 valence electrons. The average molecular weight is 214 g/mol. The fraction of sp³-hybridized carbons (Fsp3) is 0.909. The van der Waals surface area contributed by atoms with Gasteiger partial charge in [0, 0.05) is 32.7 Å². The summed E-state index contributed by atoms with van der Waals surface area (Å²) >= 11 is 0. The zero-order chi connectivity index (χ0) is 11.3. The topological polar surface area (TPSA) is 52.6 Å². The zero-order valence-corrected chi connectivity index (χ0v) is 9.75. The van der Waals surface area contributed by atoms with E-state index in [0.717, 1.165) is 19.4 Å². The SMILES string of the molecule is CN(C)C(=O)CNCC1(CO)CCCC1. The van der Waals surface area contributed by atoms with Gasteiger partial charge in [-0.1, -0.05) is 12.8 Å².